The molecule has 0 saturated carbocycles. The van der Waals surface area contributed by atoms with Crippen molar-refractivity contribution in [1.82, 2.24) is 4.98 Å². The molecule has 4 N–H and O–H groups in total. The number of benzene rings is 1. The van der Waals surface area contributed by atoms with Crippen molar-refractivity contribution in [2.45, 2.75) is 13.3 Å². The van der Waals surface area contributed by atoms with Crippen molar-refractivity contribution in [2.75, 3.05) is 11.5 Å². The number of fused-ring (bicyclic) bond motifs is 1. The lowest BCUT2D eigenvalue weighted by Gasteiger charge is -1.97. The zero-order chi connectivity index (χ0) is 9.42. The third-order valence-electron chi connectivity index (χ3n) is 2.00. The number of nitrogens with zero attached hydrogens (tertiary/aromatic N) is 1. The largest absolute Gasteiger partial charge is 0.421 e. The Morgan fingerprint density at radius 1 is 1.38 bits per heavy atom. The van der Waals surface area contributed by atoms with Crippen LogP contribution >= 0.6 is 0 Å². The summed E-state index contributed by atoms with van der Waals surface area (Å²) >= 11 is 0. The summed E-state index contributed by atoms with van der Waals surface area (Å²) in [5.74, 6) is 0. The van der Waals surface area contributed by atoms with Crippen molar-refractivity contribution in [3.63, 3.8) is 0 Å². The van der Waals surface area contributed by atoms with Gasteiger partial charge in [0.25, 0.3) is 6.01 Å². The quantitative estimate of drug-likeness (QED) is 0.648. The number of anilines is 2. The van der Waals surface area contributed by atoms with E-state index in [1.165, 1.54) is 0 Å². The minimum atomic E-state index is 0.162. The smallest absolute Gasteiger partial charge is 0.293 e. The summed E-state index contributed by atoms with van der Waals surface area (Å²) in [7, 11) is 0. The summed E-state index contributed by atoms with van der Waals surface area (Å²) in [6, 6.07) is 3.98. The molecule has 0 atom stereocenters. The van der Waals surface area contributed by atoms with Crippen LogP contribution in [0, 0.1) is 0 Å². The van der Waals surface area contributed by atoms with E-state index in [1.54, 1.807) is 0 Å². The van der Waals surface area contributed by atoms with Gasteiger partial charge in [-0.3, -0.25) is 0 Å². The molecule has 4 nitrogen and oxygen atoms in total. The van der Waals surface area contributed by atoms with Gasteiger partial charge in [-0.1, -0.05) is 6.92 Å². The highest BCUT2D eigenvalue weighted by molar-refractivity contribution is 5.86. The van der Waals surface area contributed by atoms with Gasteiger partial charge >= 0.3 is 0 Å². The first-order valence-corrected chi connectivity index (χ1v) is 4.15. The van der Waals surface area contributed by atoms with Crippen molar-refractivity contribution in [2.24, 2.45) is 0 Å². The summed E-state index contributed by atoms with van der Waals surface area (Å²) in [5, 5.41) is 0. The van der Waals surface area contributed by atoms with Crippen LogP contribution in [0.1, 0.15) is 12.5 Å². The molecule has 0 bridgehead atoms. The van der Waals surface area contributed by atoms with Gasteiger partial charge in [-0.25, -0.2) is 0 Å². The highest BCUT2D eigenvalue weighted by atomic mass is 16.4. The molecule has 2 rings (SSSR count). The molecule has 1 aromatic heterocycles. The maximum Gasteiger partial charge on any atom is 0.293 e. The number of aromatic nitrogens is 1. The first-order valence-electron chi connectivity index (χ1n) is 4.15. The Bertz CT molecular complexity index is 447. The van der Waals surface area contributed by atoms with E-state index in [0.717, 1.165) is 17.5 Å². The SMILES string of the molecule is CCc1cc(N)c2oc(N)nc2c1. The molecular formula is C9H11N3O. The molecule has 2 aromatic rings. The van der Waals surface area contributed by atoms with Crippen LogP contribution in [-0.2, 0) is 6.42 Å². The normalized spacial score (nSPS) is 10.8. The summed E-state index contributed by atoms with van der Waals surface area (Å²) in [4.78, 5) is 4.01. The number of hydrogen-bond acceptors (Lipinski definition) is 4. The molecule has 0 spiro atoms. The minimum Gasteiger partial charge on any atom is -0.421 e. The molecule has 0 amide bonds. The summed E-state index contributed by atoms with van der Waals surface area (Å²) in [6.07, 6.45) is 0.924. The first-order chi connectivity index (χ1) is 6.20. The lowest BCUT2D eigenvalue weighted by atomic mass is 10.1. The van der Waals surface area contributed by atoms with Gasteiger partial charge in [-0.2, -0.15) is 4.98 Å². The van der Waals surface area contributed by atoms with Crippen LogP contribution in [0.5, 0.6) is 0 Å². The number of hydrogen-bond donors (Lipinski definition) is 2. The highest BCUT2D eigenvalue weighted by Gasteiger charge is 2.07. The predicted octanol–water partition coefficient (Wildman–Crippen LogP) is 1.55. The van der Waals surface area contributed by atoms with Crippen LogP contribution in [0.15, 0.2) is 16.5 Å². The van der Waals surface area contributed by atoms with Crippen molar-refractivity contribution in [3.05, 3.63) is 17.7 Å². The second kappa shape index (κ2) is 2.65. The van der Waals surface area contributed by atoms with Crippen molar-refractivity contribution in [3.8, 4) is 0 Å². The molecule has 1 heterocycles. The van der Waals surface area contributed by atoms with Gasteiger partial charge in [0.15, 0.2) is 5.58 Å². The van der Waals surface area contributed by atoms with Gasteiger partial charge in [-0.15, -0.1) is 0 Å². The van der Waals surface area contributed by atoms with E-state index >= 15 is 0 Å². The van der Waals surface area contributed by atoms with E-state index in [0.29, 0.717) is 11.3 Å². The molecule has 0 fully saturated rings. The molecule has 13 heavy (non-hydrogen) atoms. The van der Waals surface area contributed by atoms with Crippen molar-refractivity contribution < 1.29 is 4.42 Å². The van der Waals surface area contributed by atoms with Crippen LogP contribution < -0.4 is 11.5 Å². The number of rotatable bonds is 1. The lowest BCUT2D eigenvalue weighted by molar-refractivity contribution is 0.627. The molecule has 1 aromatic carbocycles. The second-order valence-corrected chi connectivity index (χ2v) is 2.94. The van der Waals surface area contributed by atoms with Gasteiger partial charge in [0.2, 0.25) is 0 Å². The van der Waals surface area contributed by atoms with E-state index in [1.807, 2.05) is 12.1 Å². The van der Waals surface area contributed by atoms with Crippen molar-refractivity contribution >= 4 is 22.8 Å². The molecule has 0 radical (unpaired) electrons. The van der Waals surface area contributed by atoms with Crippen LogP contribution in [0.2, 0.25) is 0 Å². The Kier molecular flexibility index (Phi) is 1.62. The Balaban J connectivity index is 2.75. The fraction of sp³-hybridized carbons (Fsp3) is 0.222. The minimum absolute atomic E-state index is 0.162. The first kappa shape index (κ1) is 7.91. The average molecular weight is 177 g/mol. The van der Waals surface area contributed by atoms with Gasteiger partial charge in [0, 0.05) is 0 Å². The van der Waals surface area contributed by atoms with Gasteiger partial charge < -0.3 is 15.9 Å². The number of nitrogens with two attached hydrogens (primary N) is 2. The molecule has 68 valence electrons. The van der Waals surface area contributed by atoms with E-state index < -0.39 is 0 Å². The molecule has 0 aliphatic carbocycles. The molecule has 0 aliphatic heterocycles. The highest BCUT2D eigenvalue weighted by Crippen LogP contribution is 2.24. The summed E-state index contributed by atoms with van der Waals surface area (Å²) in [5.41, 5.74) is 14.2. The van der Waals surface area contributed by atoms with Gasteiger partial charge in [0.05, 0.1) is 5.69 Å². The summed E-state index contributed by atoms with van der Waals surface area (Å²) in [6.45, 7) is 2.06. The molecule has 0 unspecified atom stereocenters. The van der Waals surface area contributed by atoms with Gasteiger partial charge in [0.1, 0.15) is 5.52 Å². The van der Waals surface area contributed by atoms with Crippen LogP contribution in [0.25, 0.3) is 11.1 Å². The van der Waals surface area contributed by atoms with E-state index in [4.69, 9.17) is 15.9 Å². The van der Waals surface area contributed by atoms with E-state index in [9.17, 15) is 0 Å². The third-order valence-corrected chi connectivity index (χ3v) is 2.00. The monoisotopic (exact) mass is 177 g/mol. The summed E-state index contributed by atoms with van der Waals surface area (Å²) < 4.78 is 5.14. The molecular weight excluding hydrogens is 166 g/mol. The predicted molar refractivity (Wildman–Crippen MR) is 52.2 cm³/mol. The van der Waals surface area contributed by atoms with E-state index in [-0.39, 0.29) is 6.01 Å². The maximum absolute atomic E-state index is 5.76. The number of oxazole rings is 1. The Labute approximate surface area is 75.5 Å². The Morgan fingerprint density at radius 3 is 2.85 bits per heavy atom. The molecule has 0 saturated heterocycles. The number of nitrogen functional groups attached to an aromatic ring is 2. The van der Waals surface area contributed by atoms with Crippen molar-refractivity contribution in [1.29, 1.82) is 0 Å². The average Bonchev–Trinajstić information content (AvgIpc) is 2.46. The number of aryl methyl sites for hydroxylation is 1. The third kappa shape index (κ3) is 1.20. The maximum atomic E-state index is 5.76. The fourth-order valence-corrected chi connectivity index (χ4v) is 1.34. The van der Waals surface area contributed by atoms with Crippen LogP contribution in [-0.4, -0.2) is 4.98 Å². The Morgan fingerprint density at radius 2 is 2.15 bits per heavy atom. The topological polar surface area (TPSA) is 78.1 Å². The molecule has 4 heteroatoms. The van der Waals surface area contributed by atoms with Crippen LogP contribution in [0.4, 0.5) is 11.7 Å². The molecule has 0 aliphatic rings. The lowest BCUT2D eigenvalue weighted by Crippen LogP contribution is -1.88. The van der Waals surface area contributed by atoms with Gasteiger partial charge in [-0.05, 0) is 24.1 Å². The standard InChI is InChI=1S/C9H11N3O/c1-2-5-3-6(10)8-7(4-5)12-9(11)13-8/h3-4H,2,10H2,1H3,(H2,11,12). The van der Waals surface area contributed by atoms with E-state index in [2.05, 4.69) is 11.9 Å². The Hall–Kier alpha value is -1.71. The zero-order valence-corrected chi connectivity index (χ0v) is 7.37. The fourth-order valence-electron chi connectivity index (χ4n) is 1.34. The van der Waals surface area contributed by atoms with Crippen LogP contribution in [0.3, 0.4) is 0 Å². The second-order valence-electron chi connectivity index (χ2n) is 2.94. The zero-order valence-electron chi connectivity index (χ0n) is 7.37.